The minimum Gasteiger partial charge on any atom is -0.376 e. The topological polar surface area (TPSA) is 45.7 Å². The number of rotatable bonds is 4. The number of ether oxygens (including phenoxy) is 1. The van der Waals surface area contributed by atoms with Gasteiger partial charge in [0, 0.05) is 37.7 Å². The summed E-state index contributed by atoms with van der Waals surface area (Å²) in [6, 6.07) is 4.01. The molecule has 1 aromatic carbocycles. The minimum atomic E-state index is -0.475. The van der Waals surface area contributed by atoms with E-state index >= 15 is 0 Å². The molecular formula is C16H22F2IN3O. The SMILES string of the molecule is CN=C(NCC1CCCO1)NC1CC1c1c(F)cccc1F.I. The lowest BCUT2D eigenvalue weighted by Gasteiger charge is -2.15. The van der Waals surface area contributed by atoms with Crippen LogP contribution in [0, 0.1) is 11.6 Å². The zero-order valence-corrected chi connectivity index (χ0v) is 15.3. The van der Waals surface area contributed by atoms with Crippen molar-refractivity contribution in [3.63, 3.8) is 0 Å². The molecule has 0 aromatic heterocycles. The fourth-order valence-corrected chi connectivity index (χ4v) is 2.92. The highest BCUT2D eigenvalue weighted by Gasteiger charge is 2.42. The number of nitrogens with one attached hydrogen (secondary N) is 2. The van der Waals surface area contributed by atoms with Crippen LogP contribution in [0.2, 0.25) is 0 Å². The molecule has 2 N–H and O–H groups in total. The third-order valence-corrected chi connectivity index (χ3v) is 4.23. The summed E-state index contributed by atoms with van der Waals surface area (Å²) in [6.07, 6.45) is 3.07. The van der Waals surface area contributed by atoms with Gasteiger partial charge in [-0.25, -0.2) is 8.78 Å². The van der Waals surface area contributed by atoms with E-state index < -0.39 is 11.6 Å². The largest absolute Gasteiger partial charge is 0.376 e. The summed E-state index contributed by atoms with van der Waals surface area (Å²) >= 11 is 0. The van der Waals surface area contributed by atoms with Crippen molar-refractivity contribution in [1.82, 2.24) is 10.6 Å². The zero-order valence-electron chi connectivity index (χ0n) is 13.0. The Balaban J connectivity index is 0.00000192. The van der Waals surface area contributed by atoms with E-state index in [1.165, 1.54) is 18.2 Å². The molecule has 4 nitrogen and oxygen atoms in total. The summed E-state index contributed by atoms with van der Waals surface area (Å²) in [5.74, 6) is -0.435. The van der Waals surface area contributed by atoms with E-state index in [1.54, 1.807) is 7.05 Å². The summed E-state index contributed by atoms with van der Waals surface area (Å²) in [7, 11) is 1.69. The van der Waals surface area contributed by atoms with Crippen LogP contribution in [-0.4, -0.2) is 38.3 Å². The van der Waals surface area contributed by atoms with E-state index in [0.717, 1.165) is 19.4 Å². The van der Waals surface area contributed by atoms with Gasteiger partial charge < -0.3 is 15.4 Å². The molecule has 1 aliphatic carbocycles. The van der Waals surface area contributed by atoms with E-state index in [0.29, 0.717) is 18.9 Å². The fourth-order valence-electron chi connectivity index (χ4n) is 2.92. The van der Waals surface area contributed by atoms with Gasteiger partial charge in [-0.3, -0.25) is 4.99 Å². The van der Waals surface area contributed by atoms with Crippen LogP contribution >= 0.6 is 24.0 Å². The predicted molar refractivity (Wildman–Crippen MR) is 96.4 cm³/mol. The Morgan fingerprint density at radius 2 is 2.09 bits per heavy atom. The first kappa shape index (κ1) is 18.4. The van der Waals surface area contributed by atoms with Gasteiger partial charge >= 0.3 is 0 Å². The highest BCUT2D eigenvalue weighted by molar-refractivity contribution is 14.0. The molecular weight excluding hydrogens is 415 g/mol. The Kier molecular flexibility index (Phi) is 6.58. The molecule has 1 heterocycles. The van der Waals surface area contributed by atoms with Crippen LogP contribution in [0.4, 0.5) is 8.78 Å². The van der Waals surface area contributed by atoms with Crippen LogP contribution in [0.25, 0.3) is 0 Å². The van der Waals surface area contributed by atoms with Crippen molar-refractivity contribution < 1.29 is 13.5 Å². The van der Waals surface area contributed by atoms with Crippen molar-refractivity contribution >= 4 is 29.9 Å². The van der Waals surface area contributed by atoms with E-state index in [-0.39, 0.29) is 47.6 Å². The molecule has 0 bridgehead atoms. The number of hydrogen-bond acceptors (Lipinski definition) is 2. The highest BCUT2D eigenvalue weighted by Crippen LogP contribution is 2.42. The maximum atomic E-state index is 13.8. The van der Waals surface area contributed by atoms with Crippen molar-refractivity contribution in [1.29, 1.82) is 0 Å². The van der Waals surface area contributed by atoms with Crippen molar-refractivity contribution in [3.05, 3.63) is 35.4 Å². The van der Waals surface area contributed by atoms with Gasteiger partial charge in [0.1, 0.15) is 11.6 Å². The van der Waals surface area contributed by atoms with E-state index in [1.807, 2.05) is 0 Å². The van der Waals surface area contributed by atoms with Gasteiger partial charge in [-0.2, -0.15) is 0 Å². The molecule has 7 heteroatoms. The van der Waals surface area contributed by atoms with Gasteiger partial charge in [-0.05, 0) is 31.4 Å². The molecule has 128 valence electrons. The summed E-state index contributed by atoms with van der Waals surface area (Å²) in [5.41, 5.74) is 0.176. The van der Waals surface area contributed by atoms with Gasteiger partial charge in [0.2, 0.25) is 0 Å². The zero-order chi connectivity index (χ0) is 15.5. The van der Waals surface area contributed by atoms with Crippen molar-refractivity contribution in [2.75, 3.05) is 20.2 Å². The summed E-state index contributed by atoms with van der Waals surface area (Å²) in [6.45, 7) is 1.51. The molecule has 0 amide bonds. The summed E-state index contributed by atoms with van der Waals surface area (Å²) in [5, 5.41) is 6.43. The van der Waals surface area contributed by atoms with E-state index in [4.69, 9.17) is 4.74 Å². The second kappa shape index (κ2) is 8.23. The van der Waals surface area contributed by atoms with E-state index in [2.05, 4.69) is 15.6 Å². The molecule has 3 rings (SSSR count). The fraction of sp³-hybridized carbons (Fsp3) is 0.562. The monoisotopic (exact) mass is 437 g/mol. The number of guanidine groups is 1. The molecule has 3 atom stereocenters. The molecule has 0 radical (unpaired) electrons. The first-order valence-electron chi connectivity index (χ1n) is 7.71. The van der Waals surface area contributed by atoms with Gasteiger partial charge in [-0.15, -0.1) is 24.0 Å². The normalized spacial score (nSPS) is 26.6. The lowest BCUT2D eigenvalue weighted by molar-refractivity contribution is 0.114. The molecule has 1 aromatic rings. The molecule has 2 fully saturated rings. The van der Waals surface area contributed by atoms with Crippen LogP contribution in [0.3, 0.4) is 0 Å². The number of halogens is 3. The molecule has 23 heavy (non-hydrogen) atoms. The maximum absolute atomic E-state index is 13.8. The quantitative estimate of drug-likeness (QED) is 0.433. The standard InChI is InChI=1S/C16H21F2N3O.HI/c1-19-16(20-9-10-4-3-7-22-10)21-14-8-11(14)15-12(17)5-2-6-13(15)18;/h2,5-6,10-11,14H,3-4,7-9H2,1H3,(H2,19,20,21);1H. The molecule has 3 unspecified atom stereocenters. The average Bonchev–Trinajstić information content (AvgIpc) is 3.04. The number of benzene rings is 1. The lowest BCUT2D eigenvalue weighted by Crippen LogP contribution is -2.42. The first-order valence-corrected chi connectivity index (χ1v) is 7.71. The summed E-state index contributed by atoms with van der Waals surface area (Å²) in [4.78, 5) is 4.15. The second-order valence-electron chi connectivity index (χ2n) is 5.82. The predicted octanol–water partition coefficient (Wildman–Crippen LogP) is 2.78. The average molecular weight is 437 g/mol. The molecule has 1 saturated heterocycles. The van der Waals surface area contributed by atoms with Crippen LogP contribution in [0.5, 0.6) is 0 Å². The third-order valence-electron chi connectivity index (χ3n) is 4.23. The van der Waals surface area contributed by atoms with Crippen LogP contribution in [-0.2, 0) is 4.74 Å². The van der Waals surface area contributed by atoms with Gasteiger partial charge in [0.15, 0.2) is 5.96 Å². The van der Waals surface area contributed by atoms with Crippen molar-refractivity contribution in [2.45, 2.75) is 37.3 Å². The molecule has 0 spiro atoms. The third kappa shape index (κ3) is 4.53. The molecule has 1 saturated carbocycles. The Hall–Kier alpha value is -0.960. The number of aliphatic imine (C=N–C) groups is 1. The molecule has 2 aliphatic rings. The minimum absolute atomic E-state index is 0. The lowest BCUT2D eigenvalue weighted by atomic mass is 10.1. The van der Waals surface area contributed by atoms with Crippen molar-refractivity contribution in [2.24, 2.45) is 4.99 Å². The Morgan fingerprint density at radius 1 is 1.35 bits per heavy atom. The van der Waals surface area contributed by atoms with Crippen LogP contribution in [0.1, 0.15) is 30.7 Å². The Labute approximate surface area is 152 Å². The van der Waals surface area contributed by atoms with Gasteiger partial charge in [0.25, 0.3) is 0 Å². The summed E-state index contributed by atoms with van der Waals surface area (Å²) < 4.78 is 33.1. The van der Waals surface area contributed by atoms with Gasteiger partial charge in [0.05, 0.1) is 6.10 Å². The van der Waals surface area contributed by atoms with E-state index in [9.17, 15) is 8.78 Å². The maximum Gasteiger partial charge on any atom is 0.191 e. The first-order chi connectivity index (χ1) is 10.7. The second-order valence-corrected chi connectivity index (χ2v) is 5.82. The molecule has 1 aliphatic heterocycles. The Morgan fingerprint density at radius 3 is 2.70 bits per heavy atom. The van der Waals surface area contributed by atoms with Gasteiger partial charge in [-0.1, -0.05) is 6.07 Å². The van der Waals surface area contributed by atoms with Crippen molar-refractivity contribution in [3.8, 4) is 0 Å². The number of nitrogens with zero attached hydrogens (tertiary/aromatic N) is 1. The Bertz CT molecular complexity index is 544. The smallest absolute Gasteiger partial charge is 0.191 e. The number of hydrogen-bond donors (Lipinski definition) is 2. The van der Waals surface area contributed by atoms with Crippen LogP contribution < -0.4 is 10.6 Å². The van der Waals surface area contributed by atoms with Crippen LogP contribution in [0.15, 0.2) is 23.2 Å². The highest BCUT2D eigenvalue weighted by atomic mass is 127.